The molecule has 0 heterocycles. The Labute approximate surface area is 115 Å². The number of nitrogens with zero attached hydrogens (tertiary/aromatic N) is 2. The van der Waals surface area contributed by atoms with E-state index in [9.17, 15) is 8.42 Å². The quantitative estimate of drug-likeness (QED) is 0.335. The van der Waals surface area contributed by atoms with Crippen molar-refractivity contribution in [3.05, 3.63) is 0 Å². The van der Waals surface area contributed by atoms with Gasteiger partial charge in [-0.25, -0.2) is 8.42 Å². The second-order valence-electron chi connectivity index (χ2n) is 5.35. The molecule has 1 saturated carbocycles. The second-order valence-corrected chi connectivity index (χ2v) is 7.52. The van der Waals surface area contributed by atoms with Crippen LogP contribution in [-0.4, -0.2) is 41.6 Å². The van der Waals surface area contributed by atoms with Crippen molar-refractivity contribution in [2.45, 2.75) is 63.7 Å². The van der Waals surface area contributed by atoms with E-state index >= 15 is 0 Å². The summed E-state index contributed by atoms with van der Waals surface area (Å²) in [6.45, 7) is 3.98. The molecule has 0 unspecified atom stereocenters. The molecule has 0 amide bonds. The molecule has 0 aromatic carbocycles. The third kappa shape index (κ3) is 4.35. The van der Waals surface area contributed by atoms with Gasteiger partial charge in [-0.15, -0.1) is 0 Å². The van der Waals surface area contributed by atoms with E-state index in [0.717, 1.165) is 32.1 Å². The van der Waals surface area contributed by atoms with E-state index in [4.69, 9.17) is 10.9 Å². The van der Waals surface area contributed by atoms with Crippen molar-refractivity contribution in [2.24, 2.45) is 10.9 Å². The zero-order chi connectivity index (χ0) is 14.5. The Balaban J connectivity index is 2.78. The summed E-state index contributed by atoms with van der Waals surface area (Å²) in [7, 11) is -3.29. The van der Waals surface area contributed by atoms with Crippen LogP contribution < -0.4 is 5.73 Å². The van der Waals surface area contributed by atoms with Gasteiger partial charge < -0.3 is 10.9 Å². The third-order valence-electron chi connectivity index (χ3n) is 3.59. The fraction of sp³-hybridized carbons (Fsp3) is 0.917. The predicted octanol–water partition coefficient (Wildman–Crippen LogP) is 1.50. The first-order valence-electron chi connectivity index (χ1n) is 6.86. The van der Waals surface area contributed by atoms with Crippen LogP contribution in [0.1, 0.15) is 52.4 Å². The molecule has 6 nitrogen and oxygen atoms in total. The van der Waals surface area contributed by atoms with E-state index in [2.05, 4.69) is 5.16 Å². The minimum Gasteiger partial charge on any atom is -0.409 e. The normalized spacial score (nSPS) is 19.3. The van der Waals surface area contributed by atoms with Gasteiger partial charge in [0.2, 0.25) is 10.0 Å². The van der Waals surface area contributed by atoms with Gasteiger partial charge in [-0.3, -0.25) is 0 Å². The Morgan fingerprint density at radius 2 is 1.95 bits per heavy atom. The molecule has 1 aliphatic carbocycles. The highest BCUT2D eigenvalue weighted by molar-refractivity contribution is 7.89. The van der Waals surface area contributed by atoms with Crippen molar-refractivity contribution in [1.82, 2.24) is 4.31 Å². The lowest BCUT2D eigenvalue weighted by atomic mass is 10.0. The smallest absolute Gasteiger partial charge is 0.217 e. The molecule has 19 heavy (non-hydrogen) atoms. The number of sulfonamides is 1. The standard InChI is InChI=1S/C12H25N3O3S/c1-10(2)15(9-8-12(13)14-16)19(17,18)11-6-4-3-5-7-11/h10-11,16H,3-9H2,1-2H3,(H2,13,14). The summed E-state index contributed by atoms with van der Waals surface area (Å²) >= 11 is 0. The lowest BCUT2D eigenvalue weighted by Crippen LogP contribution is -2.44. The van der Waals surface area contributed by atoms with Gasteiger partial charge >= 0.3 is 0 Å². The minimum atomic E-state index is -3.29. The number of amidine groups is 1. The van der Waals surface area contributed by atoms with Crippen LogP contribution in [-0.2, 0) is 10.0 Å². The summed E-state index contributed by atoms with van der Waals surface area (Å²) in [6, 6.07) is -0.113. The molecule has 0 atom stereocenters. The fourth-order valence-electron chi connectivity index (χ4n) is 2.51. The molecule has 3 N–H and O–H groups in total. The number of rotatable bonds is 6. The molecule has 0 bridgehead atoms. The lowest BCUT2D eigenvalue weighted by molar-refractivity contribution is 0.312. The molecular weight excluding hydrogens is 266 g/mol. The van der Waals surface area contributed by atoms with Crippen molar-refractivity contribution >= 4 is 15.9 Å². The van der Waals surface area contributed by atoms with E-state index in [1.807, 2.05) is 13.8 Å². The molecule has 0 saturated heterocycles. The van der Waals surface area contributed by atoms with Crippen LogP contribution in [0.2, 0.25) is 0 Å². The average Bonchev–Trinajstić information content (AvgIpc) is 2.39. The highest BCUT2D eigenvalue weighted by Gasteiger charge is 2.34. The molecule has 1 aliphatic rings. The molecule has 0 spiro atoms. The van der Waals surface area contributed by atoms with Crippen LogP contribution in [0.15, 0.2) is 5.16 Å². The Hall–Kier alpha value is -0.820. The monoisotopic (exact) mass is 291 g/mol. The summed E-state index contributed by atoms with van der Waals surface area (Å²) in [5.74, 6) is 0.0597. The number of hydrogen-bond acceptors (Lipinski definition) is 4. The van der Waals surface area contributed by atoms with Gasteiger partial charge in [0.15, 0.2) is 0 Å². The zero-order valence-electron chi connectivity index (χ0n) is 11.7. The first-order chi connectivity index (χ1) is 8.89. The van der Waals surface area contributed by atoms with Crippen LogP contribution in [0.25, 0.3) is 0 Å². The molecule has 0 aromatic rings. The third-order valence-corrected chi connectivity index (χ3v) is 6.16. The first kappa shape index (κ1) is 16.2. The van der Waals surface area contributed by atoms with Gasteiger partial charge in [0.25, 0.3) is 0 Å². The Bertz CT molecular complexity index is 400. The Kier molecular flexibility index (Phi) is 6.06. The Morgan fingerprint density at radius 1 is 1.37 bits per heavy atom. The zero-order valence-corrected chi connectivity index (χ0v) is 12.6. The van der Waals surface area contributed by atoms with Crippen molar-refractivity contribution in [3.63, 3.8) is 0 Å². The molecule has 0 aromatic heterocycles. The van der Waals surface area contributed by atoms with Crippen LogP contribution >= 0.6 is 0 Å². The van der Waals surface area contributed by atoms with Gasteiger partial charge in [0.1, 0.15) is 5.84 Å². The van der Waals surface area contributed by atoms with E-state index in [1.165, 1.54) is 4.31 Å². The maximum Gasteiger partial charge on any atom is 0.217 e. The summed E-state index contributed by atoms with van der Waals surface area (Å²) in [5, 5.41) is 11.2. The van der Waals surface area contributed by atoms with Gasteiger partial charge in [0, 0.05) is 19.0 Å². The molecule has 1 rings (SSSR count). The van der Waals surface area contributed by atoms with Gasteiger partial charge in [-0.05, 0) is 26.7 Å². The average molecular weight is 291 g/mol. The molecule has 1 fully saturated rings. The van der Waals surface area contributed by atoms with Gasteiger partial charge in [-0.1, -0.05) is 24.4 Å². The van der Waals surface area contributed by atoms with Gasteiger partial charge in [-0.2, -0.15) is 4.31 Å². The molecule has 7 heteroatoms. The van der Waals surface area contributed by atoms with Crippen molar-refractivity contribution in [1.29, 1.82) is 0 Å². The highest BCUT2D eigenvalue weighted by atomic mass is 32.2. The topological polar surface area (TPSA) is 96.0 Å². The molecule has 0 aliphatic heterocycles. The Morgan fingerprint density at radius 3 is 2.42 bits per heavy atom. The number of hydrogen-bond donors (Lipinski definition) is 2. The minimum absolute atomic E-state index is 0.0597. The van der Waals surface area contributed by atoms with Crippen LogP contribution in [0.3, 0.4) is 0 Å². The SMILES string of the molecule is CC(C)N(CC/C(N)=N/O)S(=O)(=O)C1CCCCC1. The summed E-state index contributed by atoms with van der Waals surface area (Å²) in [5.41, 5.74) is 5.42. The molecule has 0 radical (unpaired) electrons. The van der Waals surface area contributed by atoms with E-state index < -0.39 is 10.0 Å². The van der Waals surface area contributed by atoms with Crippen LogP contribution in [0.4, 0.5) is 0 Å². The highest BCUT2D eigenvalue weighted by Crippen LogP contribution is 2.27. The summed E-state index contributed by atoms with van der Waals surface area (Å²) in [4.78, 5) is 0. The number of oxime groups is 1. The van der Waals surface area contributed by atoms with E-state index in [-0.39, 0.29) is 30.1 Å². The first-order valence-corrected chi connectivity index (χ1v) is 8.37. The number of nitrogens with two attached hydrogens (primary N) is 1. The summed E-state index contributed by atoms with van der Waals surface area (Å²) in [6.07, 6.45) is 4.83. The maximum absolute atomic E-state index is 12.6. The maximum atomic E-state index is 12.6. The van der Waals surface area contributed by atoms with E-state index in [1.54, 1.807) is 0 Å². The largest absolute Gasteiger partial charge is 0.409 e. The molecular formula is C12H25N3O3S. The summed E-state index contributed by atoms with van der Waals surface area (Å²) < 4.78 is 26.7. The van der Waals surface area contributed by atoms with Crippen molar-refractivity contribution in [3.8, 4) is 0 Å². The lowest BCUT2D eigenvalue weighted by Gasteiger charge is -2.32. The second kappa shape index (κ2) is 7.09. The molecule has 112 valence electrons. The van der Waals surface area contributed by atoms with Crippen LogP contribution in [0, 0.1) is 0 Å². The fourth-order valence-corrected chi connectivity index (χ4v) is 4.75. The van der Waals surface area contributed by atoms with E-state index in [0.29, 0.717) is 0 Å². The van der Waals surface area contributed by atoms with Crippen molar-refractivity contribution in [2.75, 3.05) is 6.54 Å². The van der Waals surface area contributed by atoms with Gasteiger partial charge in [0.05, 0.1) is 5.25 Å². The van der Waals surface area contributed by atoms with Crippen LogP contribution in [0.5, 0.6) is 0 Å². The predicted molar refractivity (Wildman–Crippen MR) is 75.7 cm³/mol. The van der Waals surface area contributed by atoms with Crippen molar-refractivity contribution < 1.29 is 13.6 Å².